The molecule has 3 aromatic heterocycles. The summed E-state index contributed by atoms with van der Waals surface area (Å²) in [6.07, 6.45) is 10.5. The highest BCUT2D eigenvalue weighted by atomic mass is 35.5. The predicted molar refractivity (Wildman–Crippen MR) is 154 cm³/mol. The Kier molecular flexibility index (Phi) is 10.9. The van der Waals surface area contributed by atoms with Crippen LogP contribution >= 0.6 is 11.6 Å². The van der Waals surface area contributed by atoms with Crippen LogP contribution in [0.5, 0.6) is 0 Å². The first-order chi connectivity index (χ1) is 17.9. The smallest absolute Gasteiger partial charge is 0.136 e. The summed E-state index contributed by atoms with van der Waals surface area (Å²) in [5.74, 6) is 0. The van der Waals surface area contributed by atoms with Crippen molar-refractivity contribution in [3.63, 3.8) is 0 Å². The van der Waals surface area contributed by atoms with E-state index >= 15 is 0 Å². The van der Waals surface area contributed by atoms with Gasteiger partial charge >= 0.3 is 0 Å². The van der Waals surface area contributed by atoms with Crippen LogP contribution in [0, 0.1) is 13.8 Å². The lowest BCUT2D eigenvalue weighted by Gasteiger charge is -2.13. The van der Waals surface area contributed by atoms with Crippen LogP contribution in [0.15, 0.2) is 55.6 Å². The number of likely N-dealkylation sites (tertiary alicyclic amines) is 1. The average Bonchev–Trinajstić information content (AvgIpc) is 3.61. The van der Waals surface area contributed by atoms with E-state index < -0.39 is 0 Å². The van der Waals surface area contributed by atoms with Gasteiger partial charge in [0.15, 0.2) is 0 Å². The number of halogens is 1. The molecule has 0 spiro atoms. The van der Waals surface area contributed by atoms with E-state index in [1.54, 1.807) is 6.33 Å². The fourth-order valence-electron chi connectivity index (χ4n) is 4.55. The number of benzene rings is 1. The van der Waals surface area contributed by atoms with Crippen molar-refractivity contribution >= 4 is 22.7 Å². The molecule has 2 N–H and O–H groups in total. The van der Waals surface area contributed by atoms with Crippen molar-refractivity contribution < 1.29 is 0 Å². The molecule has 1 fully saturated rings. The van der Waals surface area contributed by atoms with E-state index in [4.69, 9.17) is 11.6 Å². The van der Waals surface area contributed by atoms with Gasteiger partial charge < -0.3 is 10.6 Å². The van der Waals surface area contributed by atoms with E-state index in [2.05, 4.69) is 57.6 Å². The molecule has 0 saturated carbocycles. The number of aryl methyl sites for hydroxylation is 3. The fraction of sp³-hybridized carbons (Fsp3) is 0.414. The molecule has 1 aromatic carbocycles. The number of rotatable bonds is 7. The van der Waals surface area contributed by atoms with E-state index in [0.29, 0.717) is 0 Å². The monoisotopic (exact) mass is 521 g/mol. The van der Waals surface area contributed by atoms with Crippen LogP contribution in [0.2, 0.25) is 5.02 Å². The highest BCUT2D eigenvalue weighted by Crippen LogP contribution is 2.22. The van der Waals surface area contributed by atoms with Gasteiger partial charge in [0, 0.05) is 22.5 Å². The van der Waals surface area contributed by atoms with Gasteiger partial charge in [0.05, 0.1) is 24.0 Å². The fourth-order valence-corrected chi connectivity index (χ4v) is 4.76. The Morgan fingerprint density at radius 2 is 1.89 bits per heavy atom. The molecule has 4 aromatic rings. The summed E-state index contributed by atoms with van der Waals surface area (Å²) in [6.45, 7) is 14.7. The van der Waals surface area contributed by atoms with Crippen molar-refractivity contribution in [2.24, 2.45) is 5.73 Å². The molecule has 1 aliphatic rings. The Hall–Kier alpha value is -3.00. The van der Waals surface area contributed by atoms with E-state index in [9.17, 15) is 0 Å². The number of fused-ring (bicyclic) bond motifs is 1. The lowest BCUT2D eigenvalue weighted by atomic mass is 10.1. The minimum atomic E-state index is 0.771. The van der Waals surface area contributed by atoms with Gasteiger partial charge in [-0.2, -0.15) is 10.2 Å². The maximum Gasteiger partial charge on any atom is 0.136 e. The van der Waals surface area contributed by atoms with Crippen LogP contribution in [0.4, 0.5) is 0 Å². The molecule has 8 heteroatoms. The number of hydrogen-bond acceptors (Lipinski definition) is 5. The van der Waals surface area contributed by atoms with Gasteiger partial charge in [-0.25, -0.2) is 9.50 Å². The lowest BCUT2D eigenvalue weighted by Crippen LogP contribution is -2.20. The molecule has 4 heterocycles. The van der Waals surface area contributed by atoms with E-state index in [-0.39, 0.29) is 0 Å². The number of nitrogens with two attached hydrogens (primary N) is 1. The molecule has 0 atom stereocenters. The third-order valence-electron chi connectivity index (χ3n) is 6.51. The molecular weight excluding hydrogens is 482 g/mol. The van der Waals surface area contributed by atoms with Gasteiger partial charge in [0.2, 0.25) is 0 Å². The first-order valence-corrected chi connectivity index (χ1v) is 13.3. The summed E-state index contributed by atoms with van der Waals surface area (Å²) in [5, 5.41) is 9.57. The van der Waals surface area contributed by atoms with Crippen LogP contribution in [0.1, 0.15) is 54.3 Å². The van der Waals surface area contributed by atoms with Crippen molar-refractivity contribution in [2.75, 3.05) is 26.7 Å². The van der Waals surface area contributed by atoms with Crippen molar-refractivity contribution in [2.45, 2.75) is 53.0 Å². The number of aromatic nitrogens is 5. The first kappa shape index (κ1) is 28.6. The summed E-state index contributed by atoms with van der Waals surface area (Å²) in [6, 6.07) is 10.1. The van der Waals surface area contributed by atoms with Crippen LogP contribution in [-0.2, 0) is 13.0 Å². The quantitative estimate of drug-likeness (QED) is 0.344. The molecule has 0 amide bonds. The molecule has 0 bridgehead atoms. The first-order valence-electron chi connectivity index (χ1n) is 12.9. The third kappa shape index (κ3) is 7.99. The minimum Gasteiger partial charge on any atom is -0.333 e. The number of nitrogens with zero attached hydrogens (tertiary/aromatic N) is 6. The maximum absolute atomic E-state index is 5.92. The molecule has 0 radical (unpaired) electrons. The Morgan fingerprint density at radius 3 is 2.54 bits per heavy atom. The summed E-state index contributed by atoms with van der Waals surface area (Å²) in [5.41, 5.74) is 12.5. The standard InChI is InChI=1S/C16H22N4.C12H13ClN2.CH5N/c1-13(2)15-10-14(20-16(15)11-17-12-18-20)6-5-9-19-7-3-4-8-19;1-9-7-15(14-10(9)2)8-11-4-3-5-12(13)6-11;1-2/h10-12H,1,3-9H2,2H3;3-7H,8H2,1-2H3;2H2,1H3. The van der Waals surface area contributed by atoms with Crippen molar-refractivity contribution in [1.82, 2.24) is 29.3 Å². The molecule has 1 saturated heterocycles. The van der Waals surface area contributed by atoms with E-state index in [1.165, 1.54) is 68.3 Å². The normalized spacial score (nSPS) is 13.1. The van der Waals surface area contributed by atoms with Crippen LogP contribution in [-0.4, -0.2) is 56.0 Å². The van der Waals surface area contributed by atoms with Crippen molar-refractivity contribution in [3.05, 3.63) is 88.7 Å². The molecule has 7 nitrogen and oxygen atoms in total. The van der Waals surface area contributed by atoms with Gasteiger partial charge in [-0.05, 0) is 108 Å². The summed E-state index contributed by atoms with van der Waals surface area (Å²) in [4.78, 5) is 6.69. The van der Waals surface area contributed by atoms with E-state index in [1.807, 2.05) is 47.4 Å². The van der Waals surface area contributed by atoms with Gasteiger partial charge in [-0.15, -0.1) is 0 Å². The molecule has 198 valence electrons. The maximum atomic E-state index is 5.92. The SMILES string of the molecule is C=C(C)c1cc(CCCN2CCCC2)n2ncncc12.CN.Cc1cn(Cc2cccc(Cl)c2)nc1C. The van der Waals surface area contributed by atoms with Crippen LogP contribution < -0.4 is 5.73 Å². The molecule has 0 aliphatic carbocycles. The highest BCUT2D eigenvalue weighted by molar-refractivity contribution is 6.30. The number of hydrogen-bond donors (Lipinski definition) is 1. The van der Waals surface area contributed by atoms with Crippen LogP contribution in [0.3, 0.4) is 0 Å². The zero-order chi connectivity index (χ0) is 26.8. The zero-order valence-electron chi connectivity index (χ0n) is 22.6. The second kappa shape index (κ2) is 14.1. The summed E-state index contributed by atoms with van der Waals surface area (Å²) in [7, 11) is 1.50. The minimum absolute atomic E-state index is 0.771. The molecular formula is C29H40ClN7. The summed E-state index contributed by atoms with van der Waals surface area (Å²) < 4.78 is 3.96. The highest BCUT2D eigenvalue weighted by Gasteiger charge is 2.13. The molecule has 0 unspecified atom stereocenters. The van der Waals surface area contributed by atoms with Gasteiger partial charge in [0.25, 0.3) is 0 Å². The van der Waals surface area contributed by atoms with Crippen LogP contribution in [0.25, 0.3) is 11.1 Å². The summed E-state index contributed by atoms with van der Waals surface area (Å²) >= 11 is 5.92. The Labute approximate surface area is 226 Å². The number of allylic oxidation sites excluding steroid dienone is 1. The topological polar surface area (TPSA) is 77.3 Å². The average molecular weight is 522 g/mol. The van der Waals surface area contributed by atoms with Gasteiger partial charge in [0.1, 0.15) is 6.33 Å². The van der Waals surface area contributed by atoms with Gasteiger partial charge in [-0.3, -0.25) is 4.68 Å². The Balaban J connectivity index is 0.000000200. The Morgan fingerprint density at radius 1 is 1.14 bits per heavy atom. The third-order valence-corrected chi connectivity index (χ3v) is 6.74. The van der Waals surface area contributed by atoms with Crippen molar-refractivity contribution in [1.29, 1.82) is 0 Å². The predicted octanol–water partition coefficient (Wildman–Crippen LogP) is 5.57. The second-order valence-electron chi connectivity index (χ2n) is 9.41. The largest absolute Gasteiger partial charge is 0.333 e. The van der Waals surface area contributed by atoms with Crippen molar-refractivity contribution in [3.8, 4) is 0 Å². The zero-order valence-corrected chi connectivity index (χ0v) is 23.4. The lowest BCUT2D eigenvalue weighted by molar-refractivity contribution is 0.333. The molecule has 5 rings (SSSR count). The van der Waals surface area contributed by atoms with Gasteiger partial charge in [-0.1, -0.05) is 30.3 Å². The molecule has 1 aliphatic heterocycles. The van der Waals surface area contributed by atoms with E-state index in [0.717, 1.165) is 34.8 Å². The second-order valence-corrected chi connectivity index (χ2v) is 9.85. The molecule has 37 heavy (non-hydrogen) atoms. The Bertz CT molecular complexity index is 1270.